The van der Waals surface area contributed by atoms with Gasteiger partial charge in [0.15, 0.2) is 5.82 Å². The molecule has 0 aliphatic heterocycles. The van der Waals surface area contributed by atoms with Crippen molar-refractivity contribution < 1.29 is 0 Å². The van der Waals surface area contributed by atoms with E-state index in [0.717, 1.165) is 22.2 Å². The van der Waals surface area contributed by atoms with E-state index < -0.39 is 0 Å². The predicted octanol–water partition coefficient (Wildman–Crippen LogP) is 2.83. The van der Waals surface area contributed by atoms with E-state index in [4.69, 9.17) is 10.8 Å². The summed E-state index contributed by atoms with van der Waals surface area (Å²) < 4.78 is 2.00. The number of nitrogens with zero attached hydrogens (tertiary/aromatic N) is 4. The predicted molar refractivity (Wildman–Crippen MR) is 79.1 cm³/mol. The molecule has 2 N–H and O–H groups in total. The number of hydrogen-bond donors (Lipinski definition) is 1. The summed E-state index contributed by atoms with van der Waals surface area (Å²) in [6.45, 7) is 0. The molecule has 0 spiro atoms. The minimum Gasteiger partial charge on any atom is -0.327 e. The van der Waals surface area contributed by atoms with Crippen molar-refractivity contribution in [2.75, 3.05) is 0 Å². The van der Waals surface area contributed by atoms with Crippen molar-refractivity contribution in [1.29, 1.82) is 0 Å². The smallest absolute Gasteiger partial charge is 0.234 e. The summed E-state index contributed by atoms with van der Waals surface area (Å²) in [6.07, 6.45) is 9.96. The second-order valence-electron chi connectivity index (χ2n) is 6.23. The van der Waals surface area contributed by atoms with Crippen molar-refractivity contribution in [1.82, 2.24) is 19.8 Å². The molecule has 4 rings (SSSR count). The van der Waals surface area contributed by atoms with Gasteiger partial charge in [-0.25, -0.2) is 0 Å². The minimum atomic E-state index is 0.275. The SMILES string of the molecule is NC1CCCC1c1nn2c(C3CCCCC3)nnc2s1. The zero-order valence-corrected chi connectivity index (χ0v) is 12.5. The summed E-state index contributed by atoms with van der Waals surface area (Å²) >= 11 is 1.68. The summed E-state index contributed by atoms with van der Waals surface area (Å²) in [6, 6.07) is 0.275. The standard InChI is InChI=1S/C14H21N5S/c15-11-8-4-7-10(11)13-18-19-12(16-17-14(19)20-13)9-5-2-1-3-6-9/h9-11H,1-8,15H2. The van der Waals surface area contributed by atoms with E-state index in [1.807, 2.05) is 4.52 Å². The summed E-state index contributed by atoms with van der Waals surface area (Å²) in [5, 5.41) is 14.7. The quantitative estimate of drug-likeness (QED) is 0.923. The first-order valence-corrected chi connectivity index (χ1v) is 8.62. The normalized spacial score (nSPS) is 28.4. The molecular formula is C14H21N5S. The molecular weight excluding hydrogens is 270 g/mol. The van der Waals surface area contributed by atoms with Crippen molar-refractivity contribution in [3.8, 4) is 0 Å². The lowest BCUT2D eigenvalue weighted by Gasteiger charge is -2.18. The van der Waals surface area contributed by atoms with Crippen LogP contribution < -0.4 is 5.73 Å². The van der Waals surface area contributed by atoms with Gasteiger partial charge in [0.1, 0.15) is 5.01 Å². The molecule has 2 atom stereocenters. The van der Waals surface area contributed by atoms with Gasteiger partial charge in [0.2, 0.25) is 4.96 Å². The van der Waals surface area contributed by atoms with Gasteiger partial charge in [0, 0.05) is 17.9 Å². The van der Waals surface area contributed by atoms with Crippen molar-refractivity contribution in [3.05, 3.63) is 10.8 Å². The van der Waals surface area contributed by atoms with Crippen LogP contribution in [0.1, 0.15) is 74.0 Å². The molecule has 0 radical (unpaired) electrons. The largest absolute Gasteiger partial charge is 0.327 e. The molecule has 0 bridgehead atoms. The van der Waals surface area contributed by atoms with Gasteiger partial charge in [-0.15, -0.1) is 10.2 Å². The fourth-order valence-electron chi connectivity index (χ4n) is 3.71. The maximum absolute atomic E-state index is 6.20. The Balaban J connectivity index is 1.67. The second kappa shape index (κ2) is 5.07. The molecule has 0 amide bonds. The van der Waals surface area contributed by atoms with Gasteiger partial charge in [-0.3, -0.25) is 0 Å². The van der Waals surface area contributed by atoms with Crippen LogP contribution in [0.5, 0.6) is 0 Å². The first-order chi connectivity index (χ1) is 9.83. The fraction of sp³-hybridized carbons (Fsp3) is 0.786. The molecule has 2 heterocycles. The van der Waals surface area contributed by atoms with Crippen molar-refractivity contribution >= 4 is 16.3 Å². The van der Waals surface area contributed by atoms with Gasteiger partial charge in [-0.2, -0.15) is 9.61 Å². The third kappa shape index (κ3) is 2.05. The lowest BCUT2D eigenvalue weighted by Crippen LogP contribution is -2.22. The Morgan fingerprint density at radius 1 is 1.00 bits per heavy atom. The molecule has 2 aliphatic rings. The first kappa shape index (κ1) is 12.7. The molecule has 2 aromatic heterocycles. The topological polar surface area (TPSA) is 69.1 Å². The van der Waals surface area contributed by atoms with E-state index in [-0.39, 0.29) is 6.04 Å². The highest BCUT2D eigenvalue weighted by molar-refractivity contribution is 7.16. The van der Waals surface area contributed by atoms with Crippen LogP contribution in [0.25, 0.3) is 4.96 Å². The second-order valence-corrected chi connectivity index (χ2v) is 7.22. The molecule has 2 aromatic rings. The van der Waals surface area contributed by atoms with E-state index in [2.05, 4.69) is 10.2 Å². The van der Waals surface area contributed by atoms with Gasteiger partial charge in [0.05, 0.1) is 0 Å². The third-order valence-electron chi connectivity index (χ3n) is 4.89. The number of fused-ring (bicyclic) bond motifs is 1. The average molecular weight is 291 g/mol. The van der Waals surface area contributed by atoms with E-state index in [0.29, 0.717) is 11.8 Å². The molecule has 20 heavy (non-hydrogen) atoms. The molecule has 0 saturated heterocycles. The van der Waals surface area contributed by atoms with Crippen LogP contribution in [-0.4, -0.2) is 25.9 Å². The maximum Gasteiger partial charge on any atom is 0.234 e. The minimum absolute atomic E-state index is 0.275. The monoisotopic (exact) mass is 291 g/mol. The van der Waals surface area contributed by atoms with Gasteiger partial charge < -0.3 is 5.73 Å². The highest BCUT2D eigenvalue weighted by Gasteiger charge is 2.30. The molecule has 6 heteroatoms. The Hall–Kier alpha value is -1.01. The van der Waals surface area contributed by atoms with Crippen LogP contribution in [0.4, 0.5) is 0 Å². The van der Waals surface area contributed by atoms with Crippen LogP contribution in [0.3, 0.4) is 0 Å². The Morgan fingerprint density at radius 2 is 1.85 bits per heavy atom. The summed E-state index contributed by atoms with van der Waals surface area (Å²) in [5.74, 6) is 2.06. The summed E-state index contributed by atoms with van der Waals surface area (Å²) in [7, 11) is 0. The Bertz CT molecular complexity index is 598. The van der Waals surface area contributed by atoms with Crippen LogP contribution in [0.15, 0.2) is 0 Å². The first-order valence-electron chi connectivity index (χ1n) is 7.80. The zero-order chi connectivity index (χ0) is 13.5. The molecule has 2 aliphatic carbocycles. The lowest BCUT2D eigenvalue weighted by atomic mass is 9.89. The van der Waals surface area contributed by atoms with Crippen LogP contribution in [0, 0.1) is 0 Å². The van der Waals surface area contributed by atoms with Crippen LogP contribution in [-0.2, 0) is 0 Å². The van der Waals surface area contributed by atoms with E-state index in [1.165, 1.54) is 44.9 Å². The molecule has 2 saturated carbocycles. The van der Waals surface area contributed by atoms with Crippen molar-refractivity contribution in [3.63, 3.8) is 0 Å². The van der Waals surface area contributed by atoms with E-state index in [1.54, 1.807) is 11.3 Å². The number of rotatable bonds is 2. The van der Waals surface area contributed by atoms with Crippen molar-refractivity contribution in [2.45, 2.75) is 69.2 Å². The van der Waals surface area contributed by atoms with E-state index in [9.17, 15) is 0 Å². The fourth-order valence-corrected chi connectivity index (χ4v) is 4.76. The summed E-state index contributed by atoms with van der Waals surface area (Å²) in [4.78, 5) is 0.944. The molecule has 0 aromatic carbocycles. The zero-order valence-electron chi connectivity index (χ0n) is 11.7. The number of nitrogens with two attached hydrogens (primary N) is 1. The number of hydrogen-bond acceptors (Lipinski definition) is 5. The Labute approximate surface area is 122 Å². The van der Waals surface area contributed by atoms with Gasteiger partial charge in [-0.1, -0.05) is 37.0 Å². The van der Waals surface area contributed by atoms with Gasteiger partial charge in [-0.05, 0) is 25.7 Å². The van der Waals surface area contributed by atoms with Crippen LogP contribution in [0.2, 0.25) is 0 Å². The Kier molecular flexibility index (Phi) is 3.22. The molecule has 2 unspecified atom stereocenters. The van der Waals surface area contributed by atoms with Crippen molar-refractivity contribution in [2.24, 2.45) is 5.73 Å². The molecule has 5 nitrogen and oxygen atoms in total. The molecule has 108 valence electrons. The Morgan fingerprint density at radius 3 is 2.60 bits per heavy atom. The average Bonchev–Trinajstić information content (AvgIpc) is 3.13. The number of aromatic nitrogens is 4. The van der Waals surface area contributed by atoms with Crippen LogP contribution >= 0.6 is 11.3 Å². The molecule has 2 fully saturated rings. The van der Waals surface area contributed by atoms with Gasteiger partial charge >= 0.3 is 0 Å². The third-order valence-corrected chi connectivity index (χ3v) is 5.92. The summed E-state index contributed by atoms with van der Waals surface area (Å²) in [5.41, 5.74) is 6.20. The van der Waals surface area contributed by atoms with E-state index >= 15 is 0 Å². The highest BCUT2D eigenvalue weighted by Crippen LogP contribution is 2.37. The highest BCUT2D eigenvalue weighted by atomic mass is 32.1. The lowest BCUT2D eigenvalue weighted by molar-refractivity contribution is 0.422. The van der Waals surface area contributed by atoms with Gasteiger partial charge in [0.25, 0.3) is 0 Å². The maximum atomic E-state index is 6.20.